The third-order valence-electron chi connectivity index (χ3n) is 2.88. The van der Waals surface area contributed by atoms with E-state index in [9.17, 15) is 4.79 Å². The van der Waals surface area contributed by atoms with Crippen molar-refractivity contribution in [2.24, 2.45) is 5.73 Å². The zero-order valence-corrected chi connectivity index (χ0v) is 11.8. The average molecular weight is 274 g/mol. The molecule has 0 unspecified atom stereocenters. The van der Waals surface area contributed by atoms with Crippen molar-refractivity contribution in [1.82, 2.24) is 15.0 Å². The number of hydrogen-bond acceptors (Lipinski definition) is 5. The molecule has 0 saturated carbocycles. The van der Waals surface area contributed by atoms with Gasteiger partial charge in [0.15, 0.2) is 0 Å². The molecule has 2 heterocycles. The maximum absolute atomic E-state index is 12.4. The predicted molar refractivity (Wildman–Crippen MR) is 73.8 cm³/mol. The van der Waals surface area contributed by atoms with Crippen LogP contribution in [-0.4, -0.2) is 28.0 Å². The van der Waals surface area contributed by atoms with Crippen LogP contribution in [0.3, 0.4) is 0 Å². The predicted octanol–water partition coefficient (Wildman–Crippen LogP) is 1.54. The second-order valence-corrected chi connectivity index (χ2v) is 5.28. The lowest BCUT2D eigenvalue weighted by Crippen LogP contribution is -2.34. The topological polar surface area (TPSA) is 85.2 Å². The fourth-order valence-electron chi connectivity index (χ4n) is 1.87. The number of nitrogens with two attached hydrogens (primary N) is 1. The van der Waals surface area contributed by atoms with Crippen LogP contribution in [0.4, 0.5) is 0 Å². The number of carbonyl (C=O) groups is 1. The van der Waals surface area contributed by atoms with Crippen LogP contribution < -0.4 is 5.73 Å². The fourth-order valence-corrected chi connectivity index (χ4v) is 1.87. The Labute approximate surface area is 117 Å². The van der Waals surface area contributed by atoms with E-state index in [-0.39, 0.29) is 5.91 Å². The normalized spacial score (nSPS) is 11.4. The van der Waals surface area contributed by atoms with E-state index < -0.39 is 5.54 Å². The molecule has 0 spiro atoms. The first-order chi connectivity index (χ1) is 9.39. The number of nitrogens with zero attached hydrogens (tertiary/aromatic N) is 3. The maximum atomic E-state index is 12.4. The average Bonchev–Trinajstić information content (AvgIpc) is 2.88. The molecule has 0 radical (unpaired) electrons. The molecule has 0 bridgehead atoms. The van der Waals surface area contributed by atoms with E-state index in [1.54, 1.807) is 32.0 Å². The molecule has 0 fully saturated rings. The Morgan fingerprint density at radius 3 is 2.80 bits per heavy atom. The highest BCUT2D eigenvalue weighted by Crippen LogP contribution is 2.21. The summed E-state index contributed by atoms with van der Waals surface area (Å²) in [6, 6.07) is 5.58. The van der Waals surface area contributed by atoms with Gasteiger partial charge in [-0.05, 0) is 26.0 Å². The zero-order valence-electron chi connectivity index (χ0n) is 11.8. The van der Waals surface area contributed by atoms with Crippen molar-refractivity contribution >= 4 is 5.91 Å². The lowest BCUT2D eigenvalue weighted by atomic mass is 9.98. The Hall–Kier alpha value is -2.21. The van der Waals surface area contributed by atoms with Crippen LogP contribution in [0, 0.1) is 0 Å². The minimum atomic E-state index is -0.732. The van der Waals surface area contributed by atoms with Gasteiger partial charge >= 0.3 is 0 Å². The Kier molecular flexibility index (Phi) is 3.85. The first-order valence-corrected chi connectivity index (χ1v) is 6.28. The van der Waals surface area contributed by atoms with E-state index in [0.29, 0.717) is 17.8 Å². The molecule has 6 heteroatoms. The first kappa shape index (κ1) is 14.2. The van der Waals surface area contributed by atoms with Crippen LogP contribution >= 0.6 is 0 Å². The highest BCUT2D eigenvalue weighted by Gasteiger charge is 2.28. The van der Waals surface area contributed by atoms with E-state index in [2.05, 4.69) is 10.1 Å². The van der Waals surface area contributed by atoms with Crippen molar-refractivity contribution < 1.29 is 9.32 Å². The molecule has 20 heavy (non-hydrogen) atoms. The van der Waals surface area contributed by atoms with Gasteiger partial charge in [0.25, 0.3) is 5.91 Å². The van der Waals surface area contributed by atoms with Gasteiger partial charge in [-0.2, -0.15) is 0 Å². The molecule has 0 aliphatic heterocycles. The number of rotatable bonds is 4. The van der Waals surface area contributed by atoms with Crippen molar-refractivity contribution in [3.8, 4) is 0 Å². The van der Waals surface area contributed by atoms with Crippen LogP contribution in [0.25, 0.3) is 0 Å². The highest BCUT2D eigenvalue weighted by molar-refractivity contribution is 5.95. The van der Waals surface area contributed by atoms with Crippen molar-refractivity contribution in [1.29, 1.82) is 0 Å². The van der Waals surface area contributed by atoms with Crippen LogP contribution in [-0.2, 0) is 12.1 Å². The van der Waals surface area contributed by atoms with Gasteiger partial charge < -0.3 is 15.2 Å². The highest BCUT2D eigenvalue weighted by atomic mass is 16.5. The van der Waals surface area contributed by atoms with E-state index in [1.807, 2.05) is 18.2 Å². The second-order valence-electron chi connectivity index (χ2n) is 5.28. The monoisotopic (exact) mass is 274 g/mol. The third kappa shape index (κ3) is 3.03. The number of pyridine rings is 1. The Morgan fingerprint density at radius 2 is 2.20 bits per heavy atom. The summed E-state index contributed by atoms with van der Waals surface area (Å²) in [7, 11) is 1.71. The number of aromatic nitrogens is 2. The molecule has 2 aromatic heterocycles. The zero-order chi connectivity index (χ0) is 14.8. The lowest BCUT2D eigenvalue weighted by molar-refractivity contribution is 0.0780. The minimum Gasteiger partial charge on any atom is -0.364 e. The Balaban J connectivity index is 2.18. The van der Waals surface area contributed by atoms with Gasteiger partial charge in [0.1, 0.15) is 17.5 Å². The summed E-state index contributed by atoms with van der Waals surface area (Å²) < 4.78 is 4.90. The lowest BCUT2D eigenvalue weighted by Gasteiger charge is -2.20. The van der Waals surface area contributed by atoms with E-state index in [4.69, 9.17) is 10.3 Å². The number of carbonyl (C=O) groups excluding carboxylic acids is 1. The molecule has 0 saturated heterocycles. The molecular weight excluding hydrogens is 256 g/mol. The summed E-state index contributed by atoms with van der Waals surface area (Å²) in [5.41, 5.74) is 6.91. The SMILES string of the molecule is CN(Cc1ccccn1)C(=O)c1conc1C(C)(C)N. The molecule has 106 valence electrons. The van der Waals surface area contributed by atoms with Gasteiger partial charge in [0.05, 0.1) is 17.8 Å². The van der Waals surface area contributed by atoms with Gasteiger partial charge in [0, 0.05) is 13.2 Å². The third-order valence-corrected chi connectivity index (χ3v) is 2.88. The summed E-state index contributed by atoms with van der Waals surface area (Å²) >= 11 is 0. The summed E-state index contributed by atoms with van der Waals surface area (Å²) in [6.07, 6.45) is 3.03. The van der Waals surface area contributed by atoms with Gasteiger partial charge in [-0.15, -0.1) is 0 Å². The van der Waals surface area contributed by atoms with Crippen LogP contribution in [0.5, 0.6) is 0 Å². The molecule has 6 nitrogen and oxygen atoms in total. The van der Waals surface area contributed by atoms with Crippen LogP contribution in [0.15, 0.2) is 35.2 Å². The van der Waals surface area contributed by atoms with Crippen molar-refractivity contribution in [3.63, 3.8) is 0 Å². The fraction of sp³-hybridized carbons (Fsp3) is 0.357. The Bertz CT molecular complexity index is 587. The molecule has 2 N–H and O–H groups in total. The molecule has 0 atom stereocenters. The molecule has 2 aromatic rings. The standard InChI is InChI=1S/C14H18N4O2/c1-14(2,15)12-11(9-20-17-12)13(19)18(3)8-10-6-4-5-7-16-10/h4-7,9H,8,15H2,1-3H3. The smallest absolute Gasteiger partial charge is 0.259 e. The number of hydrogen-bond donors (Lipinski definition) is 1. The maximum Gasteiger partial charge on any atom is 0.259 e. The quantitative estimate of drug-likeness (QED) is 0.914. The summed E-state index contributed by atoms with van der Waals surface area (Å²) in [5, 5.41) is 3.83. The second kappa shape index (κ2) is 5.42. The molecule has 0 aromatic carbocycles. The number of amides is 1. The molecule has 2 rings (SSSR count). The molecule has 1 amide bonds. The summed E-state index contributed by atoms with van der Waals surface area (Å²) in [6.45, 7) is 3.97. The van der Waals surface area contributed by atoms with Gasteiger partial charge in [0.2, 0.25) is 0 Å². The largest absolute Gasteiger partial charge is 0.364 e. The summed E-state index contributed by atoms with van der Waals surface area (Å²) in [5.74, 6) is -0.189. The van der Waals surface area contributed by atoms with Crippen molar-refractivity contribution in [2.75, 3.05) is 7.05 Å². The minimum absolute atomic E-state index is 0.189. The van der Waals surface area contributed by atoms with Crippen LogP contribution in [0.2, 0.25) is 0 Å². The molecular formula is C14H18N4O2. The van der Waals surface area contributed by atoms with E-state index >= 15 is 0 Å². The first-order valence-electron chi connectivity index (χ1n) is 6.28. The van der Waals surface area contributed by atoms with E-state index in [0.717, 1.165) is 5.69 Å². The van der Waals surface area contributed by atoms with Gasteiger partial charge in [-0.3, -0.25) is 9.78 Å². The summed E-state index contributed by atoms with van der Waals surface area (Å²) in [4.78, 5) is 18.2. The van der Waals surface area contributed by atoms with Gasteiger partial charge in [-0.25, -0.2) is 0 Å². The Morgan fingerprint density at radius 1 is 1.45 bits per heavy atom. The van der Waals surface area contributed by atoms with Crippen molar-refractivity contribution in [2.45, 2.75) is 25.9 Å². The van der Waals surface area contributed by atoms with Crippen molar-refractivity contribution in [3.05, 3.63) is 47.6 Å². The van der Waals surface area contributed by atoms with Gasteiger partial charge in [-0.1, -0.05) is 11.2 Å². The van der Waals surface area contributed by atoms with E-state index in [1.165, 1.54) is 6.26 Å². The molecule has 0 aliphatic rings. The molecule has 0 aliphatic carbocycles. The van der Waals surface area contributed by atoms with Crippen LogP contribution in [0.1, 0.15) is 35.6 Å².